The Hall–Kier alpha value is -2.77. The largest absolute Gasteiger partial charge is 0.351 e. The third kappa shape index (κ3) is 2.43. The summed E-state index contributed by atoms with van der Waals surface area (Å²) >= 11 is 0. The number of pyridine rings is 1. The molecule has 3 aromatic rings. The third-order valence-electron chi connectivity index (χ3n) is 4.09. The monoisotopic (exact) mass is 297 g/mol. The number of nitrogens with one attached hydrogen (secondary N) is 1. The third-order valence-corrected chi connectivity index (χ3v) is 4.09. The summed E-state index contributed by atoms with van der Waals surface area (Å²) in [6.45, 7) is 1.49. The molecule has 1 aliphatic carbocycles. The van der Waals surface area contributed by atoms with Crippen molar-refractivity contribution in [2.45, 2.75) is 19.4 Å². The van der Waals surface area contributed by atoms with E-state index < -0.39 is 0 Å². The van der Waals surface area contributed by atoms with Gasteiger partial charge in [-0.25, -0.2) is 0 Å². The van der Waals surface area contributed by atoms with Gasteiger partial charge in [-0.15, -0.1) is 5.10 Å². The predicted molar refractivity (Wildman–Crippen MR) is 77.0 cm³/mol. The van der Waals surface area contributed by atoms with Gasteiger partial charge in [0.1, 0.15) is 0 Å². The molecule has 1 aliphatic rings. The van der Waals surface area contributed by atoms with Crippen molar-refractivity contribution in [3.8, 4) is 0 Å². The molecule has 0 atom stereocenters. The lowest BCUT2D eigenvalue weighted by atomic mass is 10.1. The van der Waals surface area contributed by atoms with E-state index in [9.17, 15) is 4.79 Å². The Kier molecular flexibility index (Phi) is 2.88. The Balaban J connectivity index is 1.41. The van der Waals surface area contributed by atoms with Crippen molar-refractivity contribution in [3.63, 3.8) is 0 Å². The molecule has 3 aromatic heterocycles. The van der Waals surface area contributed by atoms with Gasteiger partial charge in [0.05, 0.1) is 5.56 Å². The highest BCUT2D eigenvalue weighted by atomic mass is 16.1. The van der Waals surface area contributed by atoms with E-state index in [1.807, 2.05) is 16.9 Å². The molecular formula is C14H15N7O. The van der Waals surface area contributed by atoms with Crippen LogP contribution in [0, 0.1) is 5.41 Å². The van der Waals surface area contributed by atoms with Crippen LogP contribution in [0.4, 0.5) is 0 Å². The van der Waals surface area contributed by atoms with Crippen LogP contribution in [0.2, 0.25) is 0 Å². The fraction of sp³-hybridized carbons (Fsp3) is 0.357. The van der Waals surface area contributed by atoms with Crippen molar-refractivity contribution < 1.29 is 4.79 Å². The first kappa shape index (κ1) is 12.9. The second kappa shape index (κ2) is 4.90. The Morgan fingerprint density at radius 1 is 1.36 bits per heavy atom. The van der Waals surface area contributed by atoms with Gasteiger partial charge in [0, 0.05) is 37.1 Å². The number of rotatable bonds is 5. The first-order chi connectivity index (χ1) is 10.7. The summed E-state index contributed by atoms with van der Waals surface area (Å²) < 4.78 is 3.41. The molecule has 0 bridgehead atoms. The standard InChI is InChI=1S/C14H15N7O/c22-13(11-2-3-12-17-18-19-21(12)8-11)15-9-14(4-5-14)10-20-7-1-6-16-20/h1-3,6-8H,4-5,9-10H2,(H,15,22). The molecule has 1 N–H and O–H groups in total. The van der Waals surface area contributed by atoms with Gasteiger partial charge in [-0.3, -0.25) is 9.48 Å². The number of fused-ring (bicyclic) bond motifs is 1. The first-order valence-electron chi connectivity index (χ1n) is 7.18. The van der Waals surface area contributed by atoms with Gasteiger partial charge in [0.15, 0.2) is 5.65 Å². The number of aromatic nitrogens is 6. The average molecular weight is 297 g/mol. The van der Waals surface area contributed by atoms with Crippen LogP contribution in [-0.2, 0) is 6.54 Å². The topological polar surface area (TPSA) is 90.0 Å². The summed E-state index contributed by atoms with van der Waals surface area (Å²) in [7, 11) is 0. The number of hydrogen-bond acceptors (Lipinski definition) is 5. The number of carbonyl (C=O) groups excluding carboxylic acids is 1. The Morgan fingerprint density at radius 2 is 2.27 bits per heavy atom. The van der Waals surface area contributed by atoms with Crippen molar-refractivity contribution in [3.05, 3.63) is 42.4 Å². The lowest BCUT2D eigenvalue weighted by Crippen LogP contribution is -2.32. The smallest absolute Gasteiger partial charge is 0.252 e. The molecule has 0 aliphatic heterocycles. The van der Waals surface area contributed by atoms with E-state index >= 15 is 0 Å². The molecule has 8 heteroatoms. The molecule has 1 saturated carbocycles. The van der Waals surface area contributed by atoms with Gasteiger partial charge < -0.3 is 5.32 Å². The van der Waals surface area contributed by atoms with Crippen LogP contribution in [0.1, 0.15) is 23.2 Å². The summed E-state index contributed by atoms with van der Waals surface area (Å²) in [6, 6.07) is 5.37. The SMILES string of the molecule is O=C(NCC1(Cn2cccn2)CC1)c1ccc2nnnn2c1. The highest BCUT2D eigenvalue weighted by Gasteiger charge is 2.43. The molecular weight excluding hydrogens is 282 g/mol. The lowest BCUT2D eigenvalue weighted by Gasteiger charge is -2.16. The minimum atomic E-state index is -0.107. The van der Waals surface area contributed by atoms with Crippen LogP contribution >= 0.6 is 0 Å². The zero-order chi connectivity index (χ0) is 15.0. The summed E-state index contributed by atoms with van der Waals surface area (Å²) in [5.74, 6) is -0.107. The maximum atomic E-state index is 12.3. The number of hydrogen-bond donors (Lipinski definition) is 1. The zero-order valence-corrected chi connectivity index (χ0v) is 11.9. The van der Waals surface area contributed by atoms with Gasteiger partial charge in [-0.2, -0.15) is 9.61 Å². The van der Waals surface area contributed by atoms with Crippen molar-refractivity contribution in [2.75, 3.05) is 6.54 Å². The molecule has 0 spiro atoms. The molecule has 3 heterocycles. The number of amides is 1. The van der Waals surface area contributed by atoms with Crippen molar-refractivity contribution in [2.24, 2.45) is 5.41 Å². The van der Waals surface area contributed by atoms with Crippen LogP contribution < -0.4 is 5.32 Å². The highest BCUT2D eigenvalue weighted by Crippen LogP contribution is 2.46. The van der Waals surface area contributed by atoms with Crippen LogP contribution in [0.3, 0.4) is 0 Å². The fourth-order valence-electron chi connectivity index (χ4n) is 2.55. The minimum absolute atomic E-state index is 0.107. The van der Waals surface area contributed by atoms with E-state index in [-0.39, 0.29) is 11.3 Å². The summed E-state index contributed by atoms with van der Waals surface area (Å²) in [4.78, 5) is 12.3. The molecule has 8 nitrogen and oxygen atoms in total. The maximum absolute atomic E-state index is 12.3. The summed E-state index contributed by atoms with van der Waals surface area (Å²) in [6.07, 6.45) is 7.58. The van der Waals surface area contributed by atoms with Crippen LogP contribution in [0.25, 0.3) is 5.65 Å². The molecule has 0 saturated heterocycles. The number of tetrazole rings is 1. The van der Waals surface area contributed by atoms with Gasteiger partial charge in [-0.05, 0) is 41.5 Å². The van der Waals surface area contributed by atoms with E-state index in [1.54, 1.807) is 24.5 Å². The Bertz CT molecular complexity index is 804. The van der Waals surface area contributed by atoms with Gasteiger partial charge >= 0.3 is 0 Å². The first-order valence-corrected chi connectivity index (χ1v) is 7.18. The van der Waals surface area contributed by atoms with Crippen molar-refractivity contribution >= 4 is 11.6 Å². The van der Waals surface area contributed by atoms with Crippen LogP contribution in [-0.4, -0.2) is 42.3 Å². The molecule has 1 fully saturated rings. The maximum Gasteiger partial charge on any atom is 0.252 e. The van der Waals surface area contributed by atoms with Crippen molar-refractivity contribution in [1.82, 2.24) is 35.1 Å². The summed E-state index contributed by atoms with van der Waals surface area (Å²) in [5.41, 5.74) is 1.31. The Labute approximate surface area is 126 Å². The van der Waals surface area contributed by atoms with Crippen LogP contribution in [0.5, 0.6) is 0 Å². The van der Waals surface area contributed by atoms with Crippen molar-refractivity contribution in [1.29, 1.82) is 0 Å². The minimum Gasteiger partial charge on any atom is -0.351 e. The fourth-order valence-corrected chi connectivity index (χ4v) is 2.55. The van der Waals surface area contributed by atoms with E-state index in [0.717, 1.165) is 19.4 Å². The zero-order valence-electron chi connectivity index (χ0n) is 11.9. The molecule has 112 valence electrons. The predicted octanol–water partition coefficient (Wildman–Crippen LogP) is 0.531. The molecule has 0 radical (unpaired) electrons. The summed E-state index contributed by atoms with van der Waals surface area (Å²) in [5, 5.41) is 18.4. The quantitative estimate of drug-likeness (QED) is 0.742. The molecule has 22 heavy (non-hydrogen) atoms. The molecule has 4 rings (SSSR count). The average Bonchev–Trinajstić information content (AvgIpc) is 2.93. The Morgan fingerprint density at radius 3 is 3.05 bits per heavy atom. The second-order valence-electron chi connectivity index (χ2n) is 5.79. The highest BCUT2D eigenvalue weighted by molar-refractivity contribution is 5.94. The second-order valence-corrected chi connectivity index (χ2v) is 5.79. The molecule has 1 amide bonds. The number of carbonyl (C=O) groups is 1. The van der Waals surface area contributed by atoms with Crippen LogP contribution in [0.15, 0.2) is 36.8 Å². The van der Waals surface area contributed by atoms with E-state index in [1.165, 1.54) is 4.52 Å². The molecule has 0 unspecified atom stereocenters. The number of nitrogens with zero attached hydrogens (tertiary/aromatic N) is 6. The lowest BCUT2D eigenvalue weighted by molar-refractivity contribution is 0.0942. The van der Waals surface area contributed by atoms with Gasteiger partial charge in [0.25, 0.3) is 5.91 Å². The normalized spacial score (nSPS) is 15.8. The van der Waals surface area contributed by atoms with Gasteiger partial charge in [-0.1, -0.05) is 0 Å². The van der Waals surface area contributed by atoms with E-state index in [0.29, 0.717) is 17.8 Å². The van der Waals surface area contributed by atoms with E-state index in [4.69, 9.17) is 0 Å². The van der Waals surface area contributed by atoms with Gasteiger partial charge in [0.2, 0.25) is 0 Å². The van der Waals surface area contributed by atoms with E-state index in [2.05, 4.69) is 25.9 Å². The molecule has 0 aromatic carbocycles.